The molecule has 10 heteroatoms. The molecule has 1 fully saturated rings. The third-order valence-corrected chi connectivity index (χ3v) is 9.28. The third-order valence-electron chi connectivity index (χ3n) is 7.47. The fourth-order valence-electron chi connectivity index (χ4n) is 5.08. The summed E-state index contributed by atoms with van der Waals surface area (Å²) in [4.78, 5) is 22.3. The summed E-state index contributed by atoms with van der Waals surface area (Å²) < 4.78 is 34.8. The van der Waals surface area contributed by atoms with Crippen LogP contribution in [0.3, 0.4) is 0 Å². The van der Waals surface area contributed by atoms with Crippen LogP contribution in [0.4, 0.5) is 0 Å². The average Bonchev–Trinajstić information content (AvgIpc) is 3.39. The first-order valence-corrected chi connectivity index (χ1v) is 16.0. The molecule has 42 heavy (non-hydrogen) atoms. The topological polar surface area (TPSA) is 84.7 Å². The molecule has 0 unspecified atom stereocenters. The van der Waals surface area contributed by atoms with Crippen molar-refractivity contribution in [3.05, 3.63) is 118 Å². The first kappa shape index (κ1) is 30.0. The van der Waals surface area contributed by atoms with Gasteiger partial charge in [-0.2, -0.15) is 0 Å². The van der Waals surface area contributed by atoms with Gasteiger partial charge in [-0.25, -0.2) is 13.4 Å². The van der Waals surface area contributed by atoms with Crippen LogP contribution in [-0.2, 0) is 33.4 Å². The van der Waals surface area contributed by atoms with Crippen molar-refractivity contribution in [1.29, 1.82) is 0 Å². The van der Waals surface area contributed by atoms with Gasteiger partial charge in [-0.15, -0.1) is 0 Å². The molecule has 0 radical (unpaired) electrons. The lowest BCUT2D eigenvalue weighted by Crippen LogP contribution is -2.43. The molecular weight excluding hydrogens is 572 g/mol. The Morgan fingerprint density at radius 2 is 1.74 bits per heavy atom. The number of nitrogens with zero attached hydrogens (tertiary/aromatic N) is 4. The lowest BCUT2D eigenvalue weighted by molar-refractivity contribution is 0.0319. The number of morpholine rings is 1. The van der Waals surface area contributed by atoms with Gasteiger partial charge in [-0.1, -0.05) is 72.3 Å². The molecule has 5 rings (SSSR count). The van der Waals surface area contributed by atoms with Gasteiger partial charge in [-0.3, -0.25) is 9.69 Å². The van der Waals surface area contributed by atoms with E-state index in [0.717, 1.165) is 29.8 Å². The Balaban J connectivity index is 1.49. The first-order valence-electron chi connectivity index (χ1n) is 14.0. The molecule has 3 aromatic carbocycles. The molecule has 1 aliphatic rings. The Morgan fingerprint density at radius 3 is 2.48 bits per heavy atom. The molecule has 0 spiro atoms. The second kappa shape index (κ2) is 13.6. The SMILES string of the molecule is Cc1ccccc1CS(=O)(=O)c1ncc(CN(CCN2CCOCC2)C(=O)c2cccc(Cl)c2)n1Cc1ccccc1. The molecule has 220 valence electrons. The minimum absolute atomic E-state index is 0.00654. The van der Waals surface area contributed by atoms with Crippen LogP contribution in [0.1, 0.15) is 32.7 Å². The van der Waals surface area contributed by atoms with Crippen molar-refractivity contribution in [2.45, 2.75) is 30.9 Å². The number of aromatic nitrogens is 2. The Morgan fingerprint density at radius 1 is 1.00 bits per heavy atom. The minimum Gasteiger partial charge on any atom is -0.379 e. The molecule has 0 atom stereocenters. The van der Waals surface area contributed by atoms with E-state index in [1.165, 1.54) is 0 Å². The summed E-state index contributed by atoms with van der Waals surface area (Å²) in [5, 5.41) is 0.473. The second-order valence-electron chi connectivity index (χ2n) is 10.5. The molecule has 4 aromatic rings. The van der Waals surface area contributed by atoms with Crippen LogP contribution >= 0.6 is 11.6 Å². The quantitative estimate of drug-likeness (QED) is 0.243. The van der Waals surface area contributed by atoms with Gasteiger partial charge < -0.3 is 14.2 Å². The summed E-state index contributed by atoms with van der Waals surface area (Å²) in [6.07, 6.45) is 1.58. The number of rotatable bonds is 11. The van der Waals surface area contributed by atoms with Gasteiger partial charge in [0.15, 0.2) is 0 Å². The van der Waals surface area contributed by atoms with Gasteiger partial charge in [0.2, 0.25) is 15.0 Å². The maximum atomic E-state index is 13.8. The highest BCUT2D eigenvalue weighted by Crippen LogP contribution is 2.23. The molecular formula is C32H35ClN4O4S. The number of imidazole rings is 1. The fourth-order valence-corrected chi connectivity index (χ4v) is 6.87. The third kappa shape index (κ3) is 7.46. The van der Waals surface area contributed by atoms with Crippen molar-refractivity contribution in [1.82, 2.24) is 19.4 Å². The van der Waals surface area contributed by atoms with Gasteiger partial charge in [0.05, 0.1) is 43.9 Å². The Bertz CT molecular complexity index is 1620. The molecule has 2 heterocycles. The Hall–Kier alpha value is -3.50. The molecule has 1 aromatic heterocycles. The van der Waals surface area contributed by atoms with E-state index in [1.807, 2.05) is 61.5 Å². The number of carbonyl (C=O) groups excluding carboxylic acids is 1. The summed E-state index contributed by atoms with van der Waals surface area (Å²) >= 11 is 6.23. The number of benzene rings is 3. The van der Waals surface area contributed by atoms with Crippen LogP contribution in [0.2, 0.25) is 5.02 Å². The van der Waals surface area contributed by atoms with Gasteiger partial charge in [0, 0.05) is 36.8 Å². The molecule has 8 nitrogen and oxygen atoms in total. The smallest absolute Gasteiger partial charge is 0.254 e. The summed E-state index contributed by atoms with van der Waals surface area (Å²) in [5.41, 5.74) is 3.69. The monoisotopic (exact) mass is 606 g/mol. The van der Waals surface area contributed by atoms with Crippen LogP contribution < -0.4 is 0 Å². The van der Waals surface area contributed by atoms with E-state index in [1.54, 1.807) is 39.9 Å². The Labute approximate surface area is 252 Å². The molecule has 0 bridgehead atoms. The van der Waals surface area contributed by atoms with E-state index < -0.39 is 9.84 Å². The predicted molar refractivity (Wildman–Crippen MR) is 163 cm³/mol. The zero-order valence-electron chi connectivity index (χ0n) is 23.7. The number of sulfone groups is 1. The van der Waals surface area contributed by atoms with Gasteiger partial charge in [0.25, 0.3) is 5.91 Å². The summed E-state index contributed by atoms with van der Waals surface area (Å²) in [6, 6.07) is 24.0. The summed E-state index contributed by atoms with van der Waals surface area (Å²) in [7, 11) is -3.80. The zero-order valence-corrected chi connectivity index (χ0v) is 25.2. The second-order valence-corrected chi connectivity index (χ2v) is 12.8. The number of halogens is 1. The van der Waals surface area contributed by atoms with Crippen molar-refractivity contribution in [3.8, 4) is 0 Å². The normalized spacial score (nSPS) is 14.1. The highest BCUT2D eigenvalue weighted by atomic mass is 35.5. The molecule has 0 N–H and O–H groups in total. The molecule has 1 saturated heterocycles. The predicted octanol–water partition coefficient (Wildman–Crippen LogP) is 4.84. The minimum atomic E-state index is -3.80. The largest absolute Gasteiger partial charge is 0.379 e. The van der Waals surface area contributed by atoms with Crippen LogP contribution in [0, 0.1) is 6.92 Å². The van der Waals surface area contributed by atoms with E-state index in [4.69, 9.17) is 16.3 Å². The van der Waals surface area contributed by atoms with Gasteiger partial charge in [-0.05, 0) is 41.8 Å². The summed E-state index contributed by atoms with van der Waals surface area (Å²) in [5.74, 6) is -0.338. The van der Waals surface area contributed by atoms with Crippen LogP contribution in [-0.4, -0.2) is 73.1 Å². The average molecular weight is 607 g/mol. The number of hydrogen-bond acceptors (Lipinski definition) is 6. The van der Waals surface area contributed by atoms with Crippen molar-refractivity contribution < 1.29 is 17.9 Å². The number of ether oxygens (including phenoxy) is 1. The fraction of sp³-hybridized carbons (Fsp3) is 0.312. The van der Waals surface area contributed by atoms with Crippen molar-refractivity contribution in [2.75, 3.05) is 39.4 Å². The highest BCUT2D eigenvalue weighted by Gasteiger charge is 2.27. The lowest BCUT2D eigenvalue weighted by Gasteiger charge is -2.30. The van der Waals surface area contributed by atoms with Crippen LogP contribution in [0.25, 0.3) is 0 Å². The van der Waals surface area contributed by atoms with Crippen molar-refractivity contribution in [2.24, 2.45) is 0 Å². The number of hydrogen-bond donors (Lipinski definition) is 0. The molecule has 0 saturated carbocycles. The van der Waals surface area contributed by atoms with E-state index in [-0.39, 0.29) is 23.4 Å². The van der Waals surface area contributed by atoms with E-state index in [2.05, 4.69) is 9.88 Å². The zero-order chi connectivity index (χ0) is 29.5. The number of carbonyl (C=O) groups is 1. The van der Waals surface area contributed by atoms with Gasteiger partial charge >= 0.3 is 0 Å². The Kier molecular flexibility index (Phi) is 9.74. The van der Waals surface area contributed by atoms with E-state index in [0.29, 0.717) is 49.1 Å². The molecule has 0 aliphatic carbocycles. The van der Waals surface area contributed by atoms with E-state index >= 15 is 0 Å². The maximum absolute atomic E-state index is 13.8. The highest BCUT2D eigenvalue weighted by molar-refractivity contribution is 7.90. The van der Waals surface area contributed by atoms with Crippen molar-refractivity contribution in [3.63, 3.8) is 0 Å². The standard InChI is InChI=1S/C32H35ClN4O4S/c1-25-8-5-6-11-28(25)24-42(39,40)32-34-21-30(37(32)22-26-9-3-2-4-10-26)23-36(15-14-35-16-18-41-19-17-35)31(38)27-12-7-13-29(33)20-27/h2-13,20-21H,14-19,22-24H2,1H3. The lowest BCUT2D eigenvalue weighted by atomic mass is 10.1. The van der Waals surface area contributed by atoms with Crippen molar-refractivity contribution >= 4 is 27.3 Å². The number of aryl methyl sites for hydroxylation is 1. The van der Waals surface area contributed by atoms with Crippen LogP contribution in [0.15, 0.2) is 90.2 Å². The summed E-state index contributed by atoms with van der Waals surface area (Å²) in [6.45, 7) is 6.44. The molecule has 1 amide bonds. The number of amides is 1. The van der Waals surface area contributed by atoms with Gasteiger partial charge in [0.1, 0.15) is 0 Å². The van der Waals surface area contributed by atoms with Crippen LogP contribution in [0.5, 0.6) is 0 Å². The molecule has 1 aliphatic heterocycles. The maximum Gasteiger partial charge on any atom is 0.254 e. The van der Waals surface area contributed by atoms with E-state index in [9.17, 15) is 13.2 Å². The first-order chi connectivity index (χ1) is 20.3.